The summed E-state index contributed by atoms with van der Waals surface area (Å²) in [4.78, 5) is 12.1. The molecular formula is C15H15NO. The molecule has 0 radical (unpaired) electrons. The van der Waals surface area contributed by atoms with E-state index >= 15 is 0 Å². The topological polar surface area (TPSA) is 22.0 Å². The van der Waals surface area contributed by atoms with Crippen LogP contribution in [0.25, 0.3) is 10.9 Å². The summed E-state index contributed by atoms with van der Waals surface area (Å²) in [5.74, 6) is 0.297. The summed E-state index contributed by atoms with van der Waals surface area (Å²) < 4.78 is 2.23. The molecule has 0 atom stereocenters. The van der Waals surface area contributed by atoms with E-state index in [0.29, 0.717) is 12.2 Å². The zero-order chi connectivity index (χ0) is 11.8. The Hall–Kier alpha value is -1.83. The Morgan fingerprint density at radius 2 is 2.12 bits per heavy atom. The molecule has 0 bridgehead atoms. The first-order valence-electron chi connectivity index (χ1n) is 6.07. The van der Waals surface area contributed by atoms with Gasteiger partial charge in [0.05, 0.1) is 0 Å². The molecule has 17 heavy (non-hydrogen) atoms. The number of hydrogen-bond donors (Lipinski definition) is 0. The van der Waals surface area contributed by atoms with Crippen LogP contribution in [0.3, 0.4) is 0 Å². The zero-order valence-electron chi connectivity index (χ0n) is 9.78. The second kappa shape index (κ2) is 3.88. The molecule has 2 nitrogen and oxygen atoms in total. The van der Waals surface area contributed by atoms with Crippen molar-refractivity contribution in [2.45, 2.75) is 25.8 Å². The molecule has 0 fully saturated rings. The normalized spacial score (nSPS) is 14.9. The summed E-state index contributed by atoms with van der Waals surface area (Å²) in [5, 5.41) is 1.11. The van der Waals surface area contributed by atoms with Crippen LogP contribution in [0.15, 0.2) is 36.9 Å². The van der Waals surface area contributed by atoms with Gasteiger partial charge in [-0.1, -0.05) is 24.3 Å². The zero-order valence-corrected chi connectivity index (χ0v) is 9.78. The number of rotatable bonds is 2. The van der Waals surface area contributed by atoms with Crippen molar-refractivity contribution in [1.82, 2.24) is 4.57 Å². The Bertz CT molecular complexity index is 607. The van der Waals surface area contributed by atoms with Gasteiger partial charge in [-0.2, -0.15) is 0 Å². The first-order chi connectivity index (χ1) is 8.33. The largest absolute Gasteiger partial charge is 0.340 e. The number of Topliss-reactive ketones (excluding diaryl/α,β-unsaturated/α-hetero) is 1. The van der Waals surface area contributed by atoms with Crippen LogP contribution in [0, 0.1) is 0 Å². The van der Waals surface area contributed by atoms with E-state index in [-0.39, 0.29) is 0 Å². The Kier molecular flexibility index (Phi) is 2.36. The Labute approximate surface area is 101 Å². The van der Waals surface area contributed by atoms with Gasteiger partial charge < -0.3 is 4.57 Å². The summed E-state index contributed by atoms with van der Waals surface area (Å²) in [6.07, 6.45) is 4.56. The van der Waals surface area contributed by atoms with Crippen LogP contribution in [0.1, 0.15) is 28.9 Å². The van der Waals surface area contributed by atoms with Crippen molar-refractivity contribution >= 4 is 16.7 Å². The molecular weight excluding hydrogens is 210 g/mol. The minimum Gasteiger partial charge on any atom is -0.340 e. The van der Waals surface area contributed by atoms with Crippen molar-refractivity contribution in [3.63, 3.8) is 0 Å². The van der Waals surface area contributed by atoms with Crippen LogP contribution in [-0.4, -0.2) is 10.4 Å². The smallest absolute Gasteiger partial charge is 0.165 e. The number of fused-ring (bicyclic) bond motifs is 3. The van der Waals surface area contributed by atoms with Crippen molar-refractivity contribution in [2.24, 2.45) is 0 Å². The fourth-order valence-electron chi connectivity index (χ4n) is 2.81. The van der Waals surface area contributed by atoms with Crippen LogP contribution < -0.4 is 0 Å². The number of nitrogens with zero attached hydrogens (tertiary/aromatic N) is 1. The van der Waals surface area contributed by atoms with Gasteiger partial charge in [0, 0.05) is 35.1 Å². The molecule has 3 rings (SSSR count). The van der Waals surface area contributed by atoms with E-state index in [1.807, 2.05) is 18.2 Å². The fourth-order valence-corrected chi connectivity index (χ4v) is 2.81. The minimum atomic E-state index is 0.297. The lowest BCUT2D eigenvalue weighted by Gasteiger charge is -2.13. The number of aromatic nitrogens is 1. The molecule has 2 aromatic rings. The Morgan fingerprint density at radius 3 is 2.94 bits per heavy atom. The SMILES string of the molecule is C=CCn1c2c(c3ccccc31)C(=O)CCC2. The number of carbonyl (C=O) groups is 1. The predicted molar refractivity (Wildman–Crippen MR) is 69.4 cm³/mol. The van der Waals surface area contributed by atoms with Gasteiger partial charge in [0.15, 0.2) is 5.78 Å². The first-order valence-corrected chi connectivity index (χ1v) is 6.07. The molecule has 1 aromatic carbocycles. The summed E-state index contributed by atoms with van der Waals surface area (Å²) in [6, 6.07) is 8.17. The van der Waals surface area contributed by atoms with E-state index in [9.17, 15) is 4.79 Å². The average molecular weight is 225 g/mol. The molecule has 1 aliphatic rings. The summed E-state index contributed by atoms with van der Waals surface area (Å²) in [7, 11) is 0. The highest BCUT2D eigenvalue weighted by atomic mass is 16.1. The summed E-state index contributed by atoms with van der Waals surface area (Å²) in [5.41, 5.74) is 3.31. The highest BCUT2D eigenvalue weighted by Gasteiger charge is 2.24. The van der Waals surface area contributed by atoms with E-state index in [1.165, 1.54) is 5.69 Å². The van der Waals surface area contributed by atoms with Gasteiger partial charge in [0.2, 0.25) is 0 Å². The molecule has 1 heterocycles. The molecule has 1 aromatic heterocycles. The van der Waals surface area contributed by atoms with Crippen molar-refractivity contribution in [3.8, 4) is 0 Å². The van der Waals surface area contributed by atoms with Gasteiger partial charge in [0.1, 0.15) is 0 Å². The average Bonchev–Trinajstić information content (AvgIpc) is 2.66. The van der Waals surface area contributed by atoms with E-state index in [0.717, 1.165) is 35.9 Å². The Morgan fingerprint density at radius 1 is 1.29 bits per heavy atom. The lowest BCUT2D eigenvalue weighted by atomic mass is 9.94. The molecule has 86 valence electrons. The number of allylic oxidation sites excluding steroid dienone is 1. The highest BCUT2D eigenvalue weighted by molar-refractivity contribution is 6.10. The fraction of sp³-hybridized carbons (Fsp3) is 0.267. The maximum Gasteiger partial charge on any atom is 0.165 e. The third-order valence-corrected chi connectivity index (χ3v) is 3.49. The van der Waals surface area contributed by atoms with E-state index < -0.39 is 0 Å². The molecule has 1 aliphatic carbocycles. The maximum absolute atomic E-state index is 12.1. The third kappa shape index (κ3) is 1.44. The molecule has 0 aliphatic heterocycles. The first kappa shape index (κ1) is 10.3. The molecule has 0 spiro atoms. The lowest BCUT2D eigenvalue weighted by molar-refractivity contribution is 0.0973. The van der Waals surface area contributed by atoms with Gasteiger partial charge in [-0.25, -0.2) is 0 Å². The monoisotopic (exact) mass is 225 g/mol. The van der Waals surface area contributed by atoms with Gasteiger partial charge in [-0.05, 0) is 18.9 Å². The number of ketones is 1. The maximum atomic E-state index is 12.1. The second-order valence-electron chi connectivity index (χ2n) is 4.51. The van der Waals surface area contributed by atoms with Crippen molar-refractivity contribution in [1.29, 1.82) is 0 Å². The van der Waals surface area contributed by atoms with Crippen molar-refractivity contribution in [2.75, 3.05) is 0 Å². The van der Waals surface area contributed by atoms with Crippen molar-refractivity contribution in [3.05, 3.63) is 48.2 Å². The van der Waals surface area contributed by atoms with Crippen LogP contribution in [0.2, 0.25) is 0 Å². The standard InChI is InChI=1S/C15H15NO/c1-2-10-16-12-7-4-3-6-11(12)15-13(16)8-5-9-14(15)17/h2-4,6-7H,1,5,8-10H2. The van der Waals surface area contributed by atoms with E-state index in [4.69, 9.17) is 0 Å². The second-order valence-corrected chi connectivity index (χ2v) is 4.51. The minimum absolute atomic E-state index is 0.297. The molecule has 0 unspecified atom stereocenters. The number of carbonyl (C=O) groups excluding carboxylic acids is 1. The van der Waals surface area contributed by atoms with Gasteiger partial charge in [-0.3, -0.25) is 4.79 Å². The van der Waals surface area contributed by atoms with Crippen LogP contribution >= 0.6 is 0 Å². The number of hydrogen-bond acceptors (Lipinski definition) is 1. The van der Waals surface area contributed by atoms with Crippen LogP contribution in [0.5, 0.6) is 0 Å². The molecule has 0 amide bonds. The lowest BCUT2D eigenvalue weighted by Crippen LogP contribution is -2.12. The Balaban J connectivity index is 2.38. The van der Waals surface area contributed by atoms with E-state index in [1.54, 1.807) is 0 Å². The molecule has 0 N–H and O–H groups in total. The molecule has 0 saturated carbocycles. The predicted octanol–water partition coefficient (Wildman–Crippen LogP) is 3.35. The highest BCUT2D eigenvalue weighted by Crippen LogP contribution is 2.31. The molecule has 2 heteroatoms. The number of benzene rings is 1. The van der Waals surface area contributed by atoms with Crippen molar-refractivity contribution < 1.29 is 4.79 Å². The van der Waals surface area contributed by atoms with Crippen LogP contribution in [0.4, 0.5) is 0 Å². The van der Waals surface area contributed by atoms with Gasteiger partial charge >= 0.3 is 0 Å². The summed E-state index contributed by atoms with van der Waals surface area (Å²) in [6.45, 7) is 4.59. The summed E-state index contributed by atoms with van der Waals surface area (Å²) >= 11 is 0. The third-order valence-electron chi connectivity index (χ3n) is 3.49. The molecule has 0 saturated heterocycles. The van der Waals surface area contributed by atoms with Gasteiger partial charge in [0.25, 0.3) is 0 Å². The number of para-hydroxylation sites is 1. The van der Waals surface area contributed by atoms with Crippen LogP contribution in [-0.2, 0) is 13.0 Å². The van der Waals surface area contributed by atoms with Gasteiger partial charge in [-0.15, -0.1) is 6.58 Å². The quantitative estimate of drug-likeness (QED) is 0.718. The van der Waals surface area contributed by atoms with E-state index in [2.05, 4.69) is 23.3 Å².